The summed E-state index contributed by atoms with van der Waals surface area (Å²) in [4.78, 5) is 5.24. The molecule has 3 aliphatic rings. The van der Waals surface area contributed by atoms with Gasteiger partial charge < -0.3 is 19.0 Å². The first-order chi connectivity index (χ1) is 29.8. The molecule has 0 aliphatic carbocycles. The summed E-state index contributed by atoms with van der Waals surface area (Å²) in [5.74, 6) is 1.80. The van der Waals surface area contributed by atoms with Gasteiger partial charge in [-0.25, -0.2) is 0 Å². The highest BCUT2D eigenvalue weighted by atomic mass is 16.5. The molecule has 0 radical (unpaired) electrons. The zero-order valence-corrected chi connectivity index (χ0v) is 39.0. The minimum absolute atomic E-state index is 0.0433. The van der Waals surface area contributed by atoms with Crippen molar-refractivity contribution in [3.8, 4) is 28.3 Å². The molecule has 8 aromatic rings. The zero-order valence-electron chi connectivity index (χ0n) is 39.0. The summed E-state index contributed by atoms with van der Waals surface area (Å²) in [5.41, 5.74) is 19.3. The van der Waals surface area contributed by atoms with Gasteiger partial charge in [0.1, 0.15) is 0 Å². The molecule has 0 bridgehead atoms. The molecule has 4 heterocycles. The fraction of sp³-hybridized carbons (Fsp3) is 0.276. The van der Waals surface area contributed by atoms with Crippen LogP contribution in [0.1, 0.15) is 105 Å². The number of ether oxygens (including phenoxy) is 1. The number of para-hydroxylation sites is 2. The first-order valence-corrected chi connectivity index (χ1v) is 22.8. The molecule has 3 aliphatic heterocycles. The summed E-state index contributed by atoms with van der Waals surface area (Å²) in [6.45, 7) is 27.8. The Labute approximate surface area is 374 Å². The fourth-order valence-corrected chi connectivity index (χ4v) is 10.4. The lowest BCUT2D eigenvalue weighted by molar-refractivity contribution is 0.478. The Morgan fingerprint density at radius 2 is 1.06 bits per heavy atom. The Kier molecular flexibility index (Phi) is 8.29. The topological polar surface area (TPSA) is 20.6 Å². The van der Waals surface area contributed by atoms with Crippen molar-refractivity contribution in [3.05, 3.63) is 156 Å². The molecule has 0 saturated heterocycles. The van der Waals surface area contributed by atoms with Crippen molar-refractivity contribution < 1.29 is 4.74 Å². The third kappa shape index (κ3) is 5.95. The molecule has 5 heteroatoms. The summed E-state index contributed by atoms with van der Waals surface area (Å²) >= 11 is 0. The van der Waals surface area contributed by atoms with Crippen LogP contribution >= 0.6 is 0 Å². The van der Waals surface area contributed by atoms with Crippen molar-refractivity contribution in [2.24, 2.45) is 0 Å². The maximum atomic E-state index is 7.53. The van der Waals surface area contributed by atoms with Crippen LogP contribution in [0.5, 0.6) is 11.5 Å². The minimum Gasteiger partial charge on any atom is -0.451 e. The molecule has 0 saturated carbocycles. The number of hydrogen-bond acceptors (Lipinski definition) is 3. The van der Waals surface area contributed by atoms with E-state index in [1.165, 1.54) is 72.1 Å². The molecule has 0 fully saturated rings. The fourth-order valence-electron chi connectivity index (χ4n) is 10.4. The van der Waals surface area contributed by atoms with Crippen molar-refractivity contribution in [2.45, 2.75) is 105 Å². The average molecular weight is 824 g/mol. The second-order valence-corrected chi connectivity index (χ2v) is 22.4. The molecular weight excluding hydrogens is 765 g/mol. The summed E-state index contributed by atoms with van der Waals surface area (Å²) in [6.07, 6.45) is 0. The van der Waals surface area contributed by atoms with E-state index < -0.39 is 0 Å². The summed E-state index contributed by atoms with van der Waals surface area (Å²) in [5, 5.41) is 2.39. The SMILES string of the molecule is CC(C)(C)c1ccc(N2c3cc(C(C)(C)C)ccc3B3c4c(cc(C(C)(C)C)cc42)-c2cc(C(C)(C)C)cc4c2N3c2ccc3c5ccccc5n(-c5ccccc5)c3c2O4)cc1. The van der Waals surface area contributed by atoms with E-state index in [-0.39, 0.29) is 28.5 Å². The highest BCUT2D eigenvalue weighted by molar-refractivity contribution is 6.93. The Morgan fingerprint density at radius 3 is 1.75 bits per heavy atom. The van der Waals surface area contributed by atoms with Gasteiger partial charge in [0, 0.05) is 39.1 Å². The van der Waals surface area contributed by atoms with E-state index in [0.717, 1.165) is 39.6 Å². The van der Waals surface area contributed by atoms with E-state index in [1.54, 1.807) is 0 Å². The van der Waals surface area contributed by atoms with Gasteiger partial charge in [-0.05, 0) is 127 Å². The van der Waals surface area contributed by atoms with Crippen molar-refractivity contribution in [1.82, 2.24) is 4.57 Å². The third-order valence-corrected chi connectivity index (χ3v) is 13.9. The normalized spacial score (nSPS) is 14.4. The van der Waals surface area contributed by atoms with Gasteiger partial charge in [-0.15, -0.1) is 0 Å². The average Bonchev–Trinajstić information content (AvgIpc) is 3.58. The second kappa shape index (κ2) is 13.2. The molecule has 1 aromatic heterocycles. The molecular formula is C58H58BN3O. The van der Waals surface area contributed by atoms with E-state index in [1.807, 2.05) is 0 Å². The standard InChI is InChI=1S/C58H58BN3O/c1-55(2,3)35-22-25-40(26-23-35)60-48-32-36(56(4,5)6)24-28-45(48)59-51-43(30-37(33-49(51)60)57(7,8)9)44-31-38(58(10,11)12)34-50-52(44)62(59)47-29-27-42-41-20-16-17-21-46(41)61(53(42)54(47)63-50)39-18-14-13-15-19-39/h13-34H,1-12H3. The van der Waals surface area contributed by atoms with Gasteiger partial charge in [-0.3, -0.25) is 0 Å². The quantitative estimate of drug-likeness (QED) is 0.162. The summed E-state index contributed by atoms with van der Waals surface area (Å²) in [6, 6.07) is 50.7. The molecule has 314 valence electrons. The summed E-state index contributed by atoms with van der Waals surface area (Å²) in [7, 11) is 0. The predicted molar refractivity (Wildman–Crippen MR) is 269 cm³/mol. The van der Waals surface area contributed by atoms with Crippen molar-refractivity contribution in [2.75, 3.05) is 9.71 Å². The monoisotopic (exact) mass is 823 g/mol. The first-order valence-electron chi connectivity index (χ1n) is 22.8. The van der Waals surface area contributed by atoms with Gasteiger partial charge in [-0.2, -0.15) is 0 Å². The van der Waals surface area contributed by atoms with Crippen LogP contribution in [0, 0.1) is 0 Å². The van der Waals surface area contributed by atoms with Crippen molar-refractivity contribution >= 4 is 68.0 Å². The van der Waals surface area contributed by atoms with E-state index >= 15 is 0 Å². The van der Waals surface area contributed by atoms with Crippen LogP contribution in [-0.2, 0) is 21.7 Å². The van der Waals surface area contributed by atoms with E-state index in [4.69, 9.17) is 4.74 Å². The second-order valence-electron chi connectivity index (χ2n) is 22.4. The molecule has 63 heavy (non-hydrogen) atoms. The highest BCUT2D eigenvalue weighted by Gasteiger charge is 2.49. The largest absolute Gasteiger partial charge is 0.451 e. The number of benzene rings is 7. The number of hydrogen-bond donors (Lipinski definition) is 0. The molecule has 0 amide bonds. The minimum atomic E-state index is -0.125. The van der Waals surface area contributed by atoms with Gasteiger partial charge in [0.2, 0.25) is 0 Å². The predicted octanol–water partition coefficient (Wildman–Crippen LogP) is 14.8. The van der Waals surface area contributed by atoms with Crippen LogP contribution in [0.15, 0.2) is 133 Å². The molecule has 11 rings (SSSR count). The maximum absolute atomic E-state index is 7.53. The molecule has 7 aromatic carbocycles. The third-order valence-electron chi connectivity index (χ3n) is 13.9. The van der Waals surface area contributed by atoms with Gasteiger partial charge in [0.25, 0.3) is 0 Å². The van der Waals surface area contributed by atoms with E-state index in [2.05, 4.69) is 231 Å². The van der Waals surface area contributed by atoms with Crippen molar-refractivity contribution in [1.29, 1.82) is 0 Å². The van der Waals surface area contributed by atoms with E-state index in [9.17, 15) is 0 Å². The lowest BCUT2D eigenvalue weighted by atomic mass is 9.43. The molecule has 0 atom stereocenters. The molecule has 0 unspecified atom stereocenters. The van der Waals surface area contributed by atoms with E-state index in [0.29, 0.717) is 0 Å². The number of rotatable bonds is 2. The smallest absolute Gasteiger partial charge is 0.333 e. The van der Waals surface area contributed by atoms with Gasteiger partial charge in [-0.1, -0.05) is 150 Å². The zero-order chi connectivity index (χ0) is 44.1. The number of nitrogens with zero attached hydrogens (tertiary/aromatic N) is 3. The Balaban J connectivity index is 1.29. The molecule has 4 nitrogen and oxygen atoms in total. The lowest BCUT2D eigenvalue weighted by Crippen LogP contribution is -2.62. The van der Waals surface area contributed by atoms with Gasteiger partial charge >= 0.3 is 6.85 Å². The highest BCUT2D eigenvalue weighted by Crippen LogP contribution is 2.59. The van der Waals surface area contributed by atoms with Crippen LogP contribution < -0.4 is 25.4 Å². The number of fused-ring (bicyclic) bond motifs is 10. The Morgan fingerprint density at radius 1 is 0.460 bits per heavy atom. The first kappa shape index (κ1) is 39.6. The van der Waals surface area contributed by atoms with Crippen molar-refractivity contribution in [3.63, 3.8) is 0 Å². The van der Waals surface area contributed by atoms with Gasteiger partial charge in [0.15, 0.2) is 11.5 Å². The van der Waals surface area contributed by atoms with Crippen LogP contribution in [-0.4, -0.2) is 11.4 Å². The molecule has 0 N–H and O–H groups in total. The van der Waals surface area contributed by atoms with Crippen LogP contribution in [0.25, 0.3) is 38.6 Å². The number of anilines is 5. The Bertz CT molecular complexity index is 3180. The van der Waals surface area contributed by atoms with Crippen LogP contribution in [0.3, 0.4) is 0 Å². The Hall–Kier alpha value is -6.20. The maximum Gasteiger partial charge on any atom is 0.333 e. The lowest BCUT2D eigenvalue weighted by Gasteiger charge is -2.48. The van der Waals surface area contributed by atoms with Crippen LogP contribution in [0.4, 0.5) is 28.4 Å². The van der Waals surface area contributed by atoms with Crippen LogP contribution in [0.2, 0.25) is 0 Å². The number of aromatic nitrogens is 1. The molecule has 0 spiro atoms. The summed E-state index contributed by atoms with van der Waals surface area (Å²) < 4.78 is 9.94. The van der Waals surface area contributed by atoms with Gasteiger partial charge in [0.05, 0.1) is 22.4 Å².